The van der Waals surface area contributed by atoms with Crippen LogP contribution in [0.5, 0.6) is 5.75 Å². The molecular formula is C27H25N3O6. The minimum atomic E-state index is -1.06. The van der Waals surface area contributed by atoms with Crippen LogP contribution in [0, 0.1) is 45.6 Å². The van der Waals surface area contributed by atoms with E-state index in [-0.39, 0.29) is 47.2 Å². The van der Waals surface area contributed by atoms with E-state index in [0.29, 0.717) is 11.8 Å². The number of benzene rings is 2. The molecule has 3 fully saturated rings. The van der Waals surface area contributed by atoms with Gasteiger partial charge in [0.25, 0.3) is 5.69 Å². The fourth-order valence-corrected chi connectivity index (χ4v) is 6.54. The van der Waals surface area contributed by atoms with Gasteiger partial charge >= 0.3 is 0 Å². The lowest BCUT2D eigenvalue weighted by Gasteiger charge is -2.37. The van der Waals surface area contributed by atoms with E-state index in [2.05, 4.69) is 17.5 Å². The molecule has 1 saturated heterocycles. The van der Waals surface area contributed by atoms with Gasteiger partial charge in [0, 0.05) is 12.5 Å². The van der Waals surface area contributed by atoms with Crippen molar-refractivity contribution in [3.8, 4) is 5.75 Å². The Balaban J connectivity index is 1.33. The smallest absolute Gasteiger partial charge is 0.273 e. The maximum Gasteiger partial charge on any atom is 0.273 e. The van der Waals surface area contributed by atoms with Gasteiger partial charge in [0.15, 0.2) is 0 Å². The largest absolute Gasteiger partial charge is 0.494 e. The number of nitro benzene ring substituents is 1. The summed E-state index contributed by atoms with van der Waals surface area (Å²) in [5, 5.41) is 13.9. The summed E-state index contributed by atoms with van der Waals surface area (Å²) in [6, 6.07) is 12.1. The number of hydrogen-bond donors (Lipinski definition) is 1. The molecule has 1 N–H and O–H groups in total. The Bertz CT molecular complexity index is 1270. The van der Waals surface area contributed by atoms with Crippen molar-refractivity contribution in [2.75, 3.05) is 12.4 Å². The molecule has 7 atom stereocenters. The molecule has 4 aliphatic carbocycles. The van der Waals surface area contributed by atoms with E-state index in [1.54, 1.807) is 0 Å². The fraction of sp³-hybridized carbons (Fsp3) is 0.370. The highest BCUT2D eigenvalue weighted by atomic mass is 16.6. The molecule has 2 aromatic rings. The van der Waals surface area contributed by atoms with Gasteiger partial charge in [-0.1, -0.05) is 42.5 Å². The predicted octanol–water partition coefficient (Wildman–Crippen LogP) is 3.21. The first-order valence-electron chi connectivity index (χ1n) is 12.1. The maximum atomic E-state index is 13.7. The van der Waals surface area contributed by atoms with Crippen LogP contribution < -0.4 is 10.1 Å². The molecule has 9 nitrogen and oxygen atoms in total. The standard InChI is InChI=1S/C27H25N3O6/c1-36-22-12-15(30(34)35)7-10-20(22)28-25(31)21(11-14-5-3-2-4-6-14)29-26(32)23-16-8-9-17(19-13-18(16)19)24(23)27(29)33/h2-10,12,16-19,21,23-24H,11,13H2,1H3,(H,28,31)/t16-,17-,18-,19+,21-,23-,24+/m0/s1. The number of nitrogens with zero attached hydrogens (tertiary/aromatic N) is 2. The minimum Gasteiger partial charge on any atom is -0.494 e. The van der Waals surface area contributed by atoms with E-state index in [4.69, 9.17) is 4.74 Å². The second kappa shape index (κ2) is 8.29. The molecule has 5 aliphatic rings. The van der Waals surface area contributed by atoms with Gasteiger partial charge in [0.05, 0.1) is 35.6 Å². The van der Waals surface area contributed by atoms with Crippen LogP contribution >= 0.6 is 0 Å². The number of carbonyl (C=O) groups is 3. The van der Waals surface area contributed by atoms with Crippen molar-refractivity contribution in [3.63, 3.8) is 0 Å². The number of ether oxygens (including phenoxy) is 1. The topological polar surface area (TPSA) is 119 Å². The number of nitro groups is 1. The number of anilines is 1. The lowest BCUT2D eigenvalue weighted by molar-refractivity contribution is -0.384. The van der Waals surface area contributed by atoms with Gasteiger partial charge in [0.1, 0.15) is 11.8 Å². The zero-order valence-corrected chi connectivity index (χ0v) is 19.6. The molecule has 7 rings (SSSR count). The van der Waals surface area contributed by atoms with Crippen LogP contribution in [0.15, 0.2) is 60.7 Å². The number of carbonyl (C=O) groups excluding carboxylic acids is 3. The molecule has 1 aliphatic heterocycles. The minimum absolute atomic E-state index is 0.0571. The van der Waals surface area contributed by atoms with Crippen molar-refractivity contribution >= 4 is 29.1 Å². The van der Waals surface area contributed by atoms with Crippen molar-refractivity contribution in [1.29, 1.82) is 0 Å². The van der Waals surface area contributed by atoms with Crippen LogP contribution in [0.4, 0.5) is 11.4 Å². The summed E-state index contributed by atoms with van der Waals surface area (Å²) < 4.78 is 5.26. The molecule has 3 amide bonds. The van der Waals surface area contributed by atoms with Crippen LogP contribution in [-0.2, 0) is 20.8 Å². The van der Waals surface area contributed by atoms with Crippen molar-refractivity contribution < 1.29 is 24.0 Å². The number of likely N-dealkylation sites (tertiary alicyclic amines) is 1. The Morgan fingerprint density at radius 1 is 1.08 bits per heavy atom. The first-order valence-corrected chi connectivity index (χ1v) is 12.1. The summed E-state index contributed by atoms with van der Waals surface area (Å²) in [5.74, 6) is -0.756. The zero-order chi connectivity index (χ0) is 25.1. The average Bonchev–Trinajstić information content (AvgIpc) is 3.67. The first kappa shape index (κ1) is 22.5. The summed E-state index contributed by atoms with van der Waals surface area (Å²) >= 11 is 0. The normalized spacial score (nSPS) is 30.0. The Morgan fingerprint density at radius 3 is 2.31 bits per heavy atom. The van der Waals surface area contributed by atoms with Crippen LogP contribution in [0.1, 0.15) is 12.0 Å². The average molecular weight is 488 g/mol. The van der Waals surface area contributed by atoms with Gasteiger partial charge in [-0.05, 0) is 41.7 Å². The molecule has 2 saturated carbocycles. The van der Waals surface area contributed by atoms with Gasteiger partial charge in [-0.3, -0.25) is 29.4 Å². The molecular weight excluding hydrogens is 462 g/mol. The van der Waals surface area contributed by atoms with Crippen molar-refractivity contribution in [1.82, 2.24) is 4.90 Å². The van der Waals surface area contributed by atoms with Crippen molar-refractivity contribution in [2.45, 2.75) is 18.9 Å². The van der Waals surface area contributed by atoms with Crippen molar-refractivity contribution in [2.24, 2.45) is 35.5 Å². The molecule has 36 heavy (non-hydrogen) atoms. The number of amides is 3. The van der Waals surface area contributed by atoms with E-state index >= 15 is 0 Å². The van der Waals surface area contributed by atoms with Crippen molar-refractivity contribution in [3.05, 3.63) is 76.4 Å². The Labute approximate surface area is 207 Å². The highest BCUT2D eigenvalue weighted by molar-refractivity contribution is 6.11. The summed E-state index contributed by atoms with van der Waals surface area (Å²) in [4.78, 5) is 52.9. The number of hydrogen-bond acceptors (Lipinski definition) is 6. The quantitative estimate of drug-likeness (QED) is 0.277. The van der Waals surface area contributed by atoms with Gasteiger partial charge in [-0.25, -0.2) is 0 Å². The van der Waals surface area contributed by atoms with E-state index < -0.39 is 28.7 Å². The number of imide groups is 1. The SMILES string of the molecule is COc1cc([N+](=O)[O-])ccc1NC(=O)[C@H](Cc1ccccc1)N1C(=O)[C@@H]2[C@H]3C=C[C@@H]([C@@H]4C[C@H]34)[C@@H]2C1=O. The Morgan fingerprint density at radius 2 is 1.72 bits per heavy atom. The highest BCUT2D eigenvalue weighted by Crippen LogP contribution is 2.65. The predicted molar refractivity (Wildman–Crippen MR) is 129 cm³/mol. The van der Waals surface area contributed by atoms with Crippen LogP contribution in [0.2, 0.25) is 0 Å². The van der Waals surface area contributed by atoms with E-state index in [1.165, 1.54) is 30.2 Å². The summed E-state index contributed by atoms with van der Waals surface area (Å²) in [7, 11) is 1.35. The number of nitrogens with one attached hydrogen (secondary N) is 1. The van der Waals surface area contributed by atoms with Crippen LogP contribution in [-0.4, -0.2) is 40.7 Å². The van der Waals surface area contributed by atoms with Crippen LogP contribution in [0.25, 0.3) is 0 Å². The number of rotatable bonds is 7. The monoisotopic (exact) mass is 487 g/mol. The lowest BCUT2D eigenvalue weighted by Crippen LogP contribution is -2.49. The number of methoxy groups -OCH3 is 1. The summed E-state index contributed by atoms with van der Waals surface area (Å²) in [6.07, 6.45) is 5.42. The third kappa shape index (κ3) is 3.41. The second-order valence-electron chi connectivity index (χ2n) is 10.0. The molecule has 0 unspecified atom stereocenters. The second-order valence-corrected chi connectivity index (χ2v) is 10.0. The molecule has 184 valence electrons. The fourth-order valence-electron chi connectivity index (χ4n) is 6.54. The summed E-state index contributed by atoms with van der Waals surface area (Å²) in [6.45, 7) is 0. The number of non-ortho nitro benzene ring substituents is 1. The number of allylic oxidation sites excluding steroid dienone is 2. The molecule has 0 radical (unpaired) electrons. The molecule has 2 aromatic carbocycles. The van der Waals surface area contributed by atoms with Crippen LogP contribution in [0.3, 0.4) is 0 Å². The highest BCUT2D eigenvalue weighted by Gasteiger charge is 2.67. The van der Waals surface area contributed by atoms with Gasteiger partial charge in [0.2, 0.25) is 17.7 Å². The van der Waals surface area contributed by atoms with E-state index in [9.17, 15) is 24.5 Å². The lowest BCUT2D eigenvalue weighted by atomic mass is 9.63. The third-order valence-electron chi connectivity index (χ3n) is 8.24. The molecule has 1 heterocycles. The van der Waals surface area contributed by atoms with Gasteiger partial charge < -0.3 is 10.1 Å². The first-order chi connectivity index (χ1) is 17.4. The maximum absolute atomic E-state index is 13.7. The molecule has 9 heteroatoms. The molecule has 0 aromatic heterocycles. The Hall–Kier alpha value is -4.01. The van der Waals surface area contributed by atoms with E-state index in [0.717, 1.165) is 12.0 Å². The Kier molecular flexibility index (Phi) is 5.17. The zero-order valence-electron chi connectivity index (χ0n) is 19.6. The van der Waals surface area contributed by atoms with E-state index in [1.807, 2.05) is 30.3 Å². The summed E-state index contributed by atoms with van der Waals surface area (Å²) in [5.41, 5.74) is 0.861. The molecule has 2 bridgehead atoms. The molecule has 0 spiro atoms. The van der Waals surface area contributed by atoms with Gasteiger partial charge in [-0.15, -0.1) is 0 Å². The third-order valence-corrected chi connectivity index (χ3v) is 8.24. The van der Waals surface area contributed by atoms with Gasteiger partial charge in [-0.2, -0.15) is 0 Å².